The van der Waals surface area contributed by atoms with Gasteiger partial charge in [-0.25, -0.2) is 17.8 Å². The number of fused-ring (bicyclic) bond motifs is 1. The van der Waals surface area contributed by atoms with E-state index in [-0.39, 0.29) is 23.3 Å². The molecule has 7 nitrogen and oxygen atoms in total. The van der Waals surface area contributed by atoms with Crippen molar-refractivity contribution in [2.75, 3.05) is 6.54 Å². The number of aromatic nitrogens is 2. The summed E-state index contributed by atoms with van der Waals surface area (Å²) >= 11 is 0. The maximum Gasteiger partial charge on any atom is 0.243 e. The fourth-order valence-electron chi connectivity index (χ4n) is 3.95. The molecule has 1 aliphatic rings. The topological polar surface area (TPSA) is 95.2 Å². The number of carbonyl (C=O) groups excluding carboxylic acids is 1. The van der Waals surface area contributed by atoms with Crippen LogP contribution >= 0.6 is 0 Å². The number of H-pyrrole nitrogens is 1. The number of carbonyl (C=O) groups is 1. The molecule has 1 amide bonds. The molecule has 2 heterocycles. The second-order valence-electron chi connectivity index (χ2n) is 8.10. The minimum Gasteiger partial charge on any atom is -0.344 e. The van der Waals surface area contributed by atoms with Crippen LogP contribution in [-0.4, -0.2) is 41.2 Å². The molecule has 1 saturated heterocycles. The van der Waals surface area contributed by atoms with Gasteiger partial charge in [0.1, 0.15) is 17.7 Å². The van der Waals surface area contributed by atoms with Crippen LogP contribution in [0.1, 0.15) is 38.6 Å². The highest BCUT2D eigenvalue weighted by Gasteiger charge is 2.40. The maximum atomic E-state index is 13.2. The molecule has 3 aromatic rings. The Morgan fingerprint density at radius 1 is 1.19 bits per heavy atom. The van der Waals surface area contributed by atoms with E-state index in [2.05, 4.69) is 15.3 Å². The lowest BCUT2D eigenvalue weighted by Crippen LogP contribution is -2.47. The van der Waals surface area contributed by atoms with Gasteiger partial charge in [0.15, 0.2) is 0 Å². The lowest BCUT2D eigenvalue weighted by atomic mass is 10.0. The molecule has 1 aliphatic heterocycles. The zero-order valence-corrected chi connectivity index (χ0v) is 18.2. The summed E-state index contributed by atoms with van der Waals surface area (Å²) in [7, 11) is -3.91. The number of halogens is 1. The van der Waals surface area contributed by atoms with Crippen molar-refractivity contribution < 1.29 is 17.6 Å². The molecule has 1 fully saturated rings. The van der Waals surface area contributed by atoms with Crippen molar-refractivity contribution >= 4 is 27.0 Å². The highest BCUT2D eigenvalue weighted by atomic mass is 32.2. The maximum absolute atomic E-state index is 13.2. The molecule has 0 saturated carbocycles. The molecule has 1 aromatic heterocycles. The third-order valence-electron chi connectivity index (χ3n) is 5.59. The number of aromatic amines is 1. The van der Waals surface area contributed by atoms with Crippen molar-refractivity contribution in [3.05, 3.63) is 60.2 Å². The monoisotopic (exact) mass is 444 g/mol. The first-order valence-corrected chi connectivity index (χ1v) is 11.7. The second kappa shape index (κ2) is 8.39. The number of rotatable bonds is 6. The fraction of sp³-hybridized carbons (Fsp3) is 0.364. The molecule has 31 heavy (non-hydrogen) atoms. The zero-order chi connectivity index (χ0) is 22.2. The van der Waals surface area contributed by atoms with Crippen LogP contribution < -0.4 is 5.32 Å². The van der Waals surface area contributed by atoms with Gasteiger partial charge in [0.25, 0.3) is 0 Å². The molecule has 0 aliphatic carbocycles. The van der Waals surface area contributed by atoms with Gasteiger partial charge in [0.2, 0.25) is 15.9 Å². The van der Waals surface area contributed by atoms with Crippen molar-refractivity contribution in [3.8, 4) is 0 Å². The van der Waals surface area contributed by atoms with Crippen LogP contribution in [0.5, 0.6) is 0 Å². The van der Waals surface area contributed by atoms with E-state index in [1.807, 2.05) is 38.1 Å². The summed E-state index contributed by atoms with van der Waals surface area (Å²) in [6.45, 7) is 4.19. The third-order valence-corrected chi connectivity index (χ3v) is 7.52. The Morgan fingerprint density at radius 2 is 1.90 bits per heavy atom. The lowest BCUT2D eigenvalue weighted by molar-refractivity contribution is -0.125. The van der Waals surface area contributed by atoms with Crippen molar-refractivity contribution in [3.63, 3.8) is 0 Å². The first-order chi connectivity index (χ1) is 14.8. The molecular weight excluding hydrogens is 419 g/mol. The molecule has 2 aromatic carbocycles. The van der Waals surface area contributed by atoms with Gasteiger partial charge in [-0.2, -0.15) is 4.31 Å². The van der Waals surface area contributed by atoms with Crippen LogP contribution in [0.2, 0.25) is 0 Å². The number of nitrogens with one attached hydrogen (secondary N) is 2. The quantitative estimate of drug-likeness (QED) is 0.609. The summed E-state index contributed by atoms with van der Waals surface area (Å²) in [5.41, 5.74) is 1.68. The fourth-order valence-corrected chi connectivity index (χ4v) is 5.61. The van der Waals surface area contributed by atoms with Crippen LogP contribution in [0.15, 0.2) is 53.4 Å². The summed E-state index contributed by atoms with van der Waals surface area (Å²) in [5.74, 6) is -0.203. The van der Waals surface area contributed by atoms with Crippen molar-refractivity contribution in [2.45, 2.75) is 43.7 Å². The largest absolute Gasteiger partial charge is 0.344 e. The third kappa shape index (κ3) is 4.20. The highest BCUT2D eigenvalue weighted by molar-refractivity contribution is 7.89. The average molecular weight is 445 g/mol. The first kappa shape index (κ1) is 21.5. The molecule has 2 atom stereocenters. The number of para-hydroxylation sites is 2. The molecule has 2 N–H and O–H groups in total. The van der Waals surface area contributed by atoms with Gasteiger partial charge in [-0.1, -0.05) is 26.0 Å². The summed E-state index contributed by atoms with van der Waals surface area (Å²) in [4.78, 5) is 21.0. The van der Waals surface area contributed by atoms with Crippen LogP contribution in [-0.2, 0) is 14.8 Å². The van der Waals surface area contributed by atoms with Crippen LogP contribution in [0.25, 0.3) is 11.0 Å². The van der Waals surface area contributed by atoms with E-state index in [1.165, 1.54) is 16.4 Å². The molecule has 164 valence electrons. The lowest BCUT2D eigenvalue weighted by Gasteiger charge is -2.27. The van der Waals surface area contributed by atoms with Crippen LogP contribution in [0.4, 0.5) is 4.39 Å². The van der Waals surface area contributed by atoms with E-state index in [0.29, 0.717) is 18.7 Å². The van der Waals surface area contributed by atoms with E-state index in [9.17, 15) is 17.6 Å². The van der Waals surface area contributed by atoms with Gasteiger partial charge in [0.05, 0.1) is 22.0 Å². The summed E-state index contributed by atoms with van der Waals surface area (Å²) in [6.07, 6.45) is 1.01. The van der Waals surface area contributed by atoms with E-state index >= 15 is 0 Å². The number of hydrogen-bond donors (Lipinski definition) is 2. The summed E-state index contributed by atoms with van der Waals surface area (Å²) in [5, 5.41) is 3.00. The Morgan fingerprint density at radius 3 is 2.58 bits per heavy atom. The van der Waals surface area contributed by atoms with Gasteiger partial charge >= 0.3 is 0 Å². The Balaban J connectivity index is 1.57. The van der Waals surface area contributed by atoms with Crippen molar-refractivity contribution in [2.24, 2.45) is 5.92 Å². The predicted molar refractivity (Wildman–Crippen MR) is 115 cm³/mol. The second-order valence-corrected chi connectivity index (χ2v) is 9.99. The van der Waals surface area contributed by atoms with Gasteiger partial charge in [-0.3, -0.25) is 4.79 Å². The van der Waals surface area contributed by atoms with Crippen LogP contribution in [0, 0.1) is 11.7 Å². The number of benzene rings is 2. The van der Waals surface area contributed by atoms with Crippen LogP contribution in [0.3, 0.4) is 0 Å². The number of nitrogens with zero attached hydrogens (tertiary/aromatic N) is 2. The minimum atomic E-state index is -3.91. The molecule has 0 unspecified atom stereocenters. The highest BCUT2D eigenvalue weighted by Crippen LogP contribution is 2.28. The van der Waals surface area contributed by atoms with Crippen molar-refractivity contribution in [1.29, 1.82) is 0 Å². The zero-order valence-electron chi connectivity index (χ0n) is 17.4. The number of imidazole rings is 1. The standard InChI is InChI=1S/C22H25FN4O3S/c1-14(2)20(21-24-17-6-3-4-7-18(17)25-21)26-22(28)19-8-5-13-27(19)31(29,30)16-11-9-15(23)10-12-16/h3-4,6-7,9-12,14,19-20H,5,8,13H2,1-2H3,(H,24,25)(H,26,28)/t19-,20-/m0/s1. The number of amides is 1. The molecule has 0 bridgehead atoms. The Bertz CT molecular complexity index is 1160. The smallest absolute Gasteiger partial charge is 0.243 e. The Labute approximate surface area is 180 Å². The first-order valence-electron chi connectivity index (χ1n) is 10.3. The summed E-state index contributed by atoms with van der Waals surface area (Å²) in [6, 6.07) is 11.1. The Hall–Kier alpha value is -2.78. The van der Waals surface area contributed by atoms with Gasteiger partial charge in [-0.15, -0.1) is 0 Å². The summed E-state index contributed by atoms with van der Waals surface area (Å²) < 4.78 is 40.6. The van der Waals surface area contributed by atoms with Gasteiger partial charge in [0, 0.05) is 6.54 Å². The number of sulfonamides is 1. The number of hydrogen-bond acceptors (Lipinski definition) is 4. The van der Waals surface area contributed by atoms with E-state index in [4.69, 9.17) is 0 Å². The van der Waals surface area contributed by atoms with Crippen molar-refractivity contribution in [1.82, 2.24) is 19.6 Å². The normalized spacial score (nSPS) is 18.5. The molecule has 0 radical (unpaired) electrons. The predicted octanol–water partition coefficient (Wildman–Crippen LogP) is 3.37. The van der Waals surface area contributed by atoms with E-state index in [1.54, 1.807) is 0 Å². The molecular formula is C22H25FN4O3S. The molecule has 9 heteroatoms. The minimum absolute atomic E-state index is 0.0220. The average Bonchev–Trinajstić information content (AvgIpc) is 3.39. The molecule has 0 spiro atoms. The van der Waals surface area contributed by atoms with Gasteiger partial charge < -0.3 is 10.3 Å². The van der Waals surface area contributed by atoms with E-state index in [0.717, 1.165) is 23.2 Å². The molecule has 4 rings (SSSR count). The Kier molecular flexibility index (Phi) is 5.81. The van der Waals surface area contributed by atoms with E-state index < -0.39 is 27.9 Å². The SMILES string of the molecule is CC(C)[C@H](NC(=O)[C@@H]1CCCN1S(=O)(=O)c1ccc(F)cc1)c1nc2ccccc2[nH]1. The van der Waals surface area contributed by atoms with Gasteiger partial charge in [-0.05, 0) is 55.2 Å².